The van der Waals surface area contributed by atoms with Gasteiger partial charge in [-0.1, -0.05) is 19.3 Å². The molecule has 0 spiro atoms. The summed E-state index contributed by atoms with van der Waals surface area (Å²) in [6, 6.07) is 2.94. The van der Waals surface area contributed by atoms with Gasteiger partial charge < -0.3 is 20.3 Å². The zero-order valence-electron chi connectivity index (χ0n) is 11.7. The molecule has 1 aliphatic rings. The topological polar surface area (TPSA) is 81.8 Å². The Morgan fingerprint density at radius 1 is 1.30 bits per heavy atom. The summed E-state index contributed by atoms with van der Waals surface area (Å²) in [5, 5.41) is 9.09. The number of hydrogen-bond acceptors (Lipinski definition) is 4. The zero-order valence-corrected chi connectivity index (χ0v) is 11.7. The molecule has 0 unspecified atom stereocenters. The van der Waals surface area contributed by atoms with E-state index >= 15 is 0 Å². The molecule has 1 aromatic carbocycles. The second-order valence-corrected chi connectivity index (χ2v) is 5.21. The van der Waals surface area contributed by atoms with E-state index in [1.807, 2.05) is 0 Å². The number of benzene rings is 1. The lowest BCUT2D eigenvalue weighted by Gasteiger charge is -2.22. The molecular formula is C15H21NO4. The van der Waals surface area contributed by atoms with E-state index in [2.05, 4.69) is 0 Å². The van der Waals surface area contributed by atoms with Gasteiger partial charge in [-0.25, -0.2) is 4.79 Å². The molecule has 2 rings (SSSR count). The lowest BCUT2D eigenvalue weighted by Crippen LogP contribution is -2.16. The average molecular weight is 279 g/mol. The van der Waals surface area contributed by atoms with Crippen LogP contribution in [0.25, 0.3) is 0 Å². The molecule has 0 bridgehead atoms. The fourth-order valence-corrected chi connectivity index (χ4v) is 2.59. The highest BCUT2D eigenvalue weighted by Gasteiger charge is 2.18. The summed E-state index contributed by atoms with van der Waals surface area (Å²) in [7, 11) is 1.52. The Morgan fingerprint density at radius 3 is 2.60 bits per heavy atom. The molecule has 0 heterocycles. The first-order valence-corrected chi connectivity index (χ1v) is 6.95. The molecule has 1 fully saturated rings. The van der Waals surface area contributed by atoms with Crippen LogP contribution in [0, 0.1) is 5.92 Å². The third-order valence-corrected chi connectivity index (χ3v) is 3.77. The fourth-order valence-electron chi connectivity index (χ4n) is 2.59. The molecule has 0 radical (unpaired) electrons. The van der Waals surface area contributed by atoms with E-state index in [0.717, 1.165) is 0 Å². The maximum absolute atomic E-state index is 11.1. The van der Waals surface area contributed by atoms with Crippen LogP contribution >= 0.6 is 0 Å². The van der Waals surface area contributed by atoms with E-state index in [4.69, 9.17) is 20.3 Å². The van der Waals surface area contributed by atoms with Gasteiger partial charge in [-0.3, -0.25) is 0 Å². The average Bonchev–Trinajstić information content (AvgIpc) is 2.46. The van der Waals surface area contributed by atoms with Gasteiger partial charge in [0.25, 0.3) is 0 Å². The standard InChI is InChI=1S/C15H21NO4/c1-19-13-8-12(16)11(15(17)18)7-14(13)20-9-10-5-3-2-4-6-10/h7-8,10H,2-6,9,16H2,1H3,(H,17,18). The number of anilines is 1. The zero-order chi connectivity index (χ0) is 14.5. The molecule has 5 nitrogen and oxygen atoms in total. The van der Waals surface area contributed by atoms with Crippen molar-refractivity contribution in [3.63, 3.8) is 0 Å². The van der Waals surface area contributed by atoms with Crippen LogP contribution in [0.3, 0.4) is 0 Å². The molecule has 0 aromatic heterocycles. The molecule has 0 atom stereocenters. The van der Waals surface area contributed by atoms with Gasteiger partial charge >= 0.3 is 5.97 Å². The third kappa shape index (κ3) is 3.35. The van der Waals surface area contributed by atoms with Gasteiger partial charge in [0.15, 0.2) is 11.5 Å². The highest BCUT2D eigenvalue weighted by Crippen LogP contribution is 2.33. The van der Waals surface area contributed by atoms with E-state index < -0.39 is 5.97 Å². The lowest BCUT2D eigenvalue weighted by atomic mass is 9.90. The fraction of sp³-hybridized carbons (Fsp3) is 0.533. The molecule has 5 heteroatoms. The van der Waals surface area contributed by atoms with Crippen molar-refractivity contribution in [2.24, 2.45) is 5.92 Å². The van der Waals surface area contributed by atoms with Crippen molar-refractivity contribution in [1.82, 2.24) is 0 Å². The Kier molecular flexibility index (Phi) is 4.71. The normalized spacial score (nSPS) is 15.8. The van der Waals surface area contributed by atoms with Gasteiger partial charge in [0.2, 0.25) is 0 Å². The number of carboxylic acid groups (broad SMARTS) is 1. The Balaban J connectivity index is 2.12. The summed E-state index contributed by atoms with van der Waals surface area (Å²) in [5.41, 5.74) is 5.92. The van der Waals surface area contributed by atoms with Crippen molar-refractivity contribution >= 4 is 11.7 Å². The summed E-state index contributed by atoms with van der Waals surface area (Å²) < 4.78 is 11.0. The molecular weight excluding hydrogens is 258 g/mol. The number of aromatic carboxylic acids is 1. The summed E-state index contributed by atoms with van der Waals surface area (Å²) in [6.07, 6.45) is 6.12. The van der Waals surface area contributed by atoms with E-state index in [9.17, 15) is 4.79 Å². The summed E-state index contributed by atoms with van der Waals surface area (Å²) in [6.45, 7) is 0.597. The SMILES string of the molecule is COc1cc(N)c(C(=O)O)cc1OCC1CCCCC1. The number of carboxylic acids is 1. The van der Waals surface area contributed by atoms with Crippen molar-refractivity contribution in [1.29, 1.82) is 0 Å². The number of nitrogens with two attached hydrogens (primary N) is 1. The summed E-state index contributed by atoms with van der Waals surface area (Å²) >= 11 is 0. The monoisotopic (exact) mass is 279 g/mol. The van der Waals surface area contributed by atoms with Gasteiger partial charge in [-0.15, -0.1) is 0 Å². The number of nitrogen functional groups attached to an aromatic ring is 1. The van der Waals surface area contributed by atoms with Crippen LogP contribution in [0.4, 0.5) is 5.69 Å². The molecule has 1 aliphatic carbocycles. The largest absolute Gasteiger partial charge is 0.493 e. The van der Waals surface area contributed by atoms with Crippen molar-refractivity contribution < 1.29 is 19.4 Å². The Morgan fingerprint density at radius 2 is 2.00 bits per heavy atom. The van der Waals surface area contributed by atoms with Gasteiger partial charge in [-0.2, -0.15) is 0 Å². The Hall–Kier alpha value is -1.91. The minimum atomic E-state index is -1.06. The second kappa shape index (κ2) is 6.50. The number of ether oxygens (including phenoxy) is 2. The van der Waals surface area contributed by atoms with Crippen molar-refractivity contribution in [3.05, 3.63) is 17.7 Å². The van der Waals surface area contributed by atoms with Gasteiger partial charge in [0, 0.05) is 12.1 Å². The summed E-state index contributed by atoms with van der Waals surface area (Å²) in [5.74, 6) is 0.403. The molecule has 110 valence electrons. The number of hydrogen-bond donors (Lipinski definition) is 2. The molecule has 20 heavy (non-hydrogen) atoms. The van der Waals surface area contributed by atoms with Crippen LogP contribution in [0.1, 0.15) is 42.5 Å². The molecule has 1 aromatic rings. The maximum Gasteiger partial charge on any atom is 0.337 e. The highest BCUT2D eigenvalue weighted by atomic mass is 16.5. The first kappa shape index (κ1) is 14.5. The summed E-state index contributed by atoms with van der Waals surface area (Å²) in [4.78, 5) is 11.1. The van der Waals surface area contributed by atoms with Crippen LogP contribution < -0.4 is 15.2 Å². The van der Waals surface area contributed by atoms with Gasteiger partial charge in [-0.05, 0) is 18.8 Å². The first-order valence-electron chi connectivity index (χ1n) is 6.95. The third-order valence-electron chi connectivity index (χ3n) is 3.77. The van der Waals surface area contributed by atoms with E-state index in [1.165, 1.54) is 51.3 Å². The minimum absolute atomic E-state index is 0.0458. The minimum Gasteiger partial charge on any atom is -0.493 e. The molecule has 3 N–H and O–H groups in total. The smallest absolute Gasteiger partial charge is 0.337 e. The van der Waals surface area contributed by atoms with Crippen LogP contribution in [0.2, 0.25) is 0 Å². The van der Waals surface area contributed by atoms with Crippen molar-refractivity contribution in [2.75, 3.05) is 19.5 Å². The number of carbonyl (C=O) groups is 1. The number of rotatable bonds is 5. The number of methoxy groups -OCH3 is 1. The first-order chi connectivity index (χ1) is 9.61. The predicted octanol–water partition coefficient (Wildman–Crippen LogP) is 2.93. The second-order valence-electron chi connectivity index (χ2n) is 5.21. The predicted molar refractivity (Wildman–Crippen MR) is 76.4 cm³/mol. The van der Waals surface area contributed by atoms with Crippen molar-refractivity contribution in [3.8, 4) is 11.5 Å². The quantitative estimate of drug-likeness (QED) is 0.810. The van der Waals surface area contributed by atoms with Crippen LogP contribution in [0.15, 0.2) is 12.1 Å². The molecule has 0 aliphatic heterocycles. The lowest BCUT2D eigenvalue weighted by molar-refractivity contribution is 0.0697. The van der Waals surface area contributed by atoms with Crippen LogP contribution in [0.5, 0.6) is 11.5 Å². The Labute approximate surface area is 118 Å². The Bertz CT molecular complexity index is 481. The maximum atomic E-state index is 11.1. The van der Waals surface area contributed by atoms with Crippen LogP contribution in [-0.2, 0) is 0 Å². The molecule has 0 saturated heterocycles. The van der Waals surface area contributed by atoms with E-state index in [-0.39, 0.29) is 11.3 Å². The van der Waals surface area contributed by atoms with E-state index in [1.54, 1.807) is 0 Å². The molecule has 0 amide bonds. The van der Waals surface area contributed by atoms with Gasteiger partial charge in [0.1, 0.15) is 0 Å². The van der Waals surface area contributed by atoms with Crippen LogP contribution in [-0.4, -0.2) is 24.8 Å². The van der Waals surface area contributed by atoms with Crippen molar-refractivity contribution in [2.45, 2.75) is 32.1 Å². The highest BCUT2D eigenvalue weighted by molar-refractivity contribution is 5.94. The van der Waals surface area contributed by atoms with Gasteiger partial charge in [0.05, 0.1) is 25.0 Å². The van der Waals surface area contributed by atoms with E-state index in [0.29, 0.717) is 24.0 Å². The molecule has 1 saturated carbocycles.